The average molecular weight is 295 g/mol. The van der Waals surface area contributed by atoms with E-state index in [4.69, 9.17) is 0 Å². The van der Waals surface area contributed by atoms with Crippen molar-refractivity contribution in [1.82, 2.24) is 9.91 Å². The molecule has 2 amide bonds. The van der Waals surface area contributed by atoms with Gasteiger partial charge in [0.05, 0.1) is 0 Å². The molecule has 0 bridgehead atoms. The summed E-state index contributed by atoms with van der Waals surface area (Å²) in [5.41, 5.74) is 0.276. The highest BCUT2D eigenvalue weighted by molar-refractivity contribution is 6.39. The van der Waals surface area contributed by atoms with Crippen LogP contribution in [0.4, 0.5) is 0 Å². The number of hydrogen-bond donors (Lipinski definition) is 1. The van der Waals surface area contributed by atoms with E-state index in [9.17, 15) is 19.5 Å². The predicted molar refractivity (Wildman–Crippen MR) is 75.6 cm³/mol. The van der Waals surface area contributed by atoms with Crippen LogP contribution >= 0.6 is 0 Å². The lowest BCUT2D eigenvalue weighted by Gasteiger charge is -2.37. The number of likely N-dealkylation sites (tertiary alicyclic amines) is 1. The third kappa shape index (κ3) is 3.22. The van der Waals surface area contributed by atoms with E-state index in [2.05, 4.69) is 5.10 Å². The molecule has 0 aliphatic carbocycles. The number of amides is 2. The number of rotatable bonds is 3. The summed E-state index contributed by atoms with van der Waals surface area (Å²) in [6.07, 6.45) is 2.74. The lowest BCUT2D eigenvalue weighted by atomic mass is 9.88. The van der Waals surface area contributed by atoms with Gasteiger partial charge < -0.3 is 10.0 Å². The molecule has 0 aromatic carbocycles. The van der Waals surface area contributed by atoms with Crippen LogP contribution in [0.5, 0.6) is 0 Å². The lowest BCUT2D eigenvalue weighted by molar-refractivity contribution is -0.150. The number of aliphatic carboxylic acids is 1. The van der Waals surface area contributed by atoms with Crippen molar-refractivity contribution in [3.8, 4) is 0 Å². The van der Waals surface area contributed by atoms with E-state index in [1.807, 2.05) is 6.92 Å². The first-order valence-electron chi connectivity index (χ1n) is 7.31. The van der Waals surface area contributed by atoms with Crippen LogP contribution in [0.1, 0.15) is 39.0 Å². The minimum Gasteiger partial charge on any atom is -0.480 e. The topological polar surface area (TPSA) is 90.3 Å². The second-order valence-corrected chi connectivity index (χ2v) is 5.62. The van der Waals surface area contributed by atoms with Gasteiger partial charge in [0, 0.05) is 26.4 Å². The van der Waals surface area contributed by atoms with Gasteiger partial charge in [-0.2, -0.15) is 5.10 Å². The molecule has 0 saturated carbocycles. The summed E-state index contributed by atoms with van der Waals surface area (Å²) in [6, 6.07) is -0.790. The third-order valence-electron chi connectivity index (χ3n) is 4.29. The number of piperidine rings is 1. The Morgan fingerprint density at radius 2 is 2.10 bits per heavy atom. The summed E-state index contributed by atoms with van der Waals surface area (Å²) in [4.78, 5) is 36.7. The van der Waals surface area contributed by atoms with Crippen molar-refractivity contribution in [1.29, 1.82) is 0 Å². The van der Waals surface area contributed by atoms with E-state index in [-0.39, 0.29) is 30.4 Å². The van der Waals surface area contributed by atoms with E-state index in [1.54, 1.807) is 0 Å². The van der Waals surface area contributed by atoms with Gasteiger partial charge in [0.15, 0.2) is 0 Å². The molecule has 2 rings (SSSR count). The molecule has 2 aliphatic rings. The number of carbonyl (C=O) groups excluding carboxylic acids is 2. The SMILES string of the molecule is CCC1CCN(C(=O)C2=NN(C)C(=O)CC2)C(C(=O)O)C1. The first kappa shape index (κ1) is 15.5. The molecule has 0 aromatic heterocycles. The van der Waals surface area contributed by atoms with Crippen LogP contribution < -0.4 is 0 Å². The molecular weight excluding hydrogens is 274 g/mol. The van der Waals surface area contributed by atoms with Gasteiger partial charge in [0.1, 0.15) is 11.8 Å². The molecule has 0 aromatic rings. The second kappa shape index (κ2) is 6.24. The third-order valence-corrected chi connectivity index (χ3v) is 4.29. The molecule has 21 heavy (non-hydrogen) atoms. The van der Waals surface area contributed by atoms with Crippen molar-refractivity contribution in [3.05, 3.63) is 0 Å². The number of carboxylic acids is 1. The van der Waals surface area contributed by atoms with Crippen molar-refractivity contribution in [2.24, 2.45) is 11.0 Å². The quantitative estimate of drug-likeness (QED) is 0.829. The molecule has 2 heterocycles. The van der Waals surface area contributed by atoms with Crippen LogP contribution in [-0.4, -0.2) is 58.1 Å². The molecule has 2 atom stereocenters. The van der Waals surface area contributed by atoms with Gasteiger partial charge in [0.25, 0.3) is 5.91 Å². The minimum absolute atomic E-state index is 0.133. The molecule has 7 heteroatoms. The summed E-state index contributed by atoms with van der Waals surface area (Å²) >= 11 is 0. The van der Waals surface area contributed by atoms with Gasteiger partial charge >= 0.3 is 5.97 Å². The van der Waals surface area contributed by atoms with Crippen LogP contribution in [0, 0.1) is 5.92 Å². The predicted octanol–water partition coefficient (Wildman–Crippen LogP) is 0.696. The van der Waals surface area contributed by atoms with Crippen molar-refractivity contribution < 1.29 is 19.5 Å². The Morgan fingerprint density at radius 1 is 1.38 bits per heavy atom. The second-order valence-electron chi connectivity index (χ2n) is 5.62. The average Bonchev–Trinajstić information content (AvgIpc) is 2.48. The van der Waals surface area contributed by atoms with Gasteiger partial charge in [-0.1, -0.05) is 13.3 Å². The summed E-state index contributed by atoms with van der Waals surface area (Å²) in [5, 5.41) is 14.5. The highest BCUT2D eigenvalue weighted by atomic mass is 16.4. The molecule has 2 unspecified atom stereocenters. The zero-order valence-electron chi connectivity index (χ0n) is 12.4. The molecule has 1 fully saturated rings. The molecule has 116 valence electrons. The van der Waals surface area contributed by atoms with Gasteiger partial charge in [0.2, 0.25) is 5.91 Å². The lowest BCUT2D eigenvalue weighted by Crippen LogP contribution is -2.53. The van der Waals surface area contributed by atoms with Crippen LogP contribution in [0.25, 0.3) is 0 Å². The summed E-state index contributed by atoms with van der Waals surface area (Å²) in [5.74, 6) is -1.11. The number of carbonyl (C=O) groups is 3. The van der Waals surface area contributed by atoms with Crippen molar-refractivity contribution in [3.63, 3.8) is 0 Å². The van der Waals surface area contributed by atoms with Crippen LogP contribution in [0.15, 0.2) is 5.10 Å². The highest BCUT2D eigenvalue weighted by Gasteiger charge is 2.38. The molecular formula is C14H21N3O4. The van der Waals surface area contributed by atoms with Crippen LogP contribution in [0.3, 0.4) is 0 Å². The van der Waals surface area contributed by atoms with Gasteiger partial charge in [-0.15, -0.1) is 0 Å². The van der Waals surface area contributed by atoms with E-state index >= 15 is 0 Å². The molecule has 0 radical (unpaired) electrons. The molecule has 0 spiro atoms. The maximum atomic E-state index is 12.5. The fraction of sp³-hybridized carbons (Fsp3) is 0.714. The van der Waals surface area contributed by atoms with Crippen LogP contribution in [-0.2, 0) is 14.4 Å². The molecule has 7 nitrogen and oxygen atoms in total. The Hall–Kier alpha value is -1.92. The number of hydrazone groups is 1. The number of carboxylic acid groups (broad SMARTS) is 1. The highest BCUT2D eigenvalue weighted by Crippen LogP contribution is 2.26. The van der Waals surface area contributed by atoms with Crippen LogP contribution in [0.2, 0.25) is 0 Å². The van der Waals surface area contributed by atoms with Crippen molar-refractivity contribution >= 4 is 23.5 Å². The maximum absolute atomic E-state index is 12.5. The number of hydrogen-bond acceptors (Lipinski definition) is 4. The molecule has 1 saturated heterocycles. The summed E-state index contributed by atoms with van der Waals surface area (Å²) < 4.78 is 0. The van der Waals surface area contributed by atoms with E-state index in [0.29, 0.717) is 18.9 Å². The van der Waals surface area contributed by atoms with E-state index < -0.39 is 12.0 Å². The van der Waals surface area contributed by atoms with Crippen molar-refractivity contribution in [2.45, 2.75) is 45.1 Å². The normalized spacial score (nSPS) is 26.6. The Bertz CT molecular complexity index is 489. The Kier molecular flexibility index (Phi) is 4.59. The fourth-order valence-electron chi connectivity index (χ4n) is 2.88. The molecule has 1 N–H and O–H groups in total. The first-order valence-corrected chi connectivity index (χ1v) is 7.31. The summed E-state index contributed by atoms with van der Waals surface area (Å²) in [7, 11) is 1.51. The summed E-state index contributed by atoms with van der Waals surface area (Å²) in [6.45, 7) is 2.47. The minimum atomic E-state index is -0.970. The van der Waals surface area contributed by atoms with Gasteiger partial charge in [-0.3, -0.25) is 9.59 Å². The van der Waals surface area contributed by atoms with Gasteiger partial charge in [-0.05, 0) is 18.8 Å². The fourth-order valence-corrected chi connectivity index (χ4v) is 2.88. The van der Waals surface area contributed by atoms with Gasteiger partial charge in [-0.25, -0.2) is 9.80 Å². The Balaban J connectivity index is 2.15. The van der Waals surface area contributed by atoms with E-state index in [1.165, 1.54) is 11.9 Å². The van der Waals surface area contributed by atoms with E-state index in [0.717, 1.165) is 17.9 Å². The zero-order chi connectivity index (χ0) is 15.6. The first-order chi connectivity index (χ1) is 9.93. The monoisotopic (exact) mass is 295 g/mol. The Labute approximate surface area is 123 Å². The number of nitrogens with zero attached hydrogens (tertiary/aromatic N) is 3. The smallest absolute Gasteiger partial charge is 0.326 e. The Morgan fingerprint density at radius 3 is 2.67 bits per heavy atom. The maximum Gasteiger partial charge on any atom is 0.326 e. The zero-order valence-corrected chi connectivity index (χ0v) is 12.4. The molecule has 2 aliphatic heterocycles. The standard InChI is InChI=1S/C14H21N3O4/c1-3-9-6-7-17(11(8-9)14(20)21)13(19)10-4-5-12(18)16(2)15-10/h9,11H,3-8H2,1-2H3,(H,20,21). The largest absolute Gasteiger partial charge is 0.480 e. The van der Waals surface area contributed by atoms with Crippen molar-refractivity contribution in [2.75, 3.05) is 13.6 Å².